The first-order chi connectivity index (χ1) is 9.69. The first-order valence-electron chi connectivity index (χ1n) is 7.25. The Labute approximate surface area is 120 Å². The summed E-state index contributed by atoms with van der Waals surface area (Å²) >= 11 is 0. The highest BCUT2D eigenvalue weighted by Gasteiger charge is 2.16. The molecule has 0 saturated carbocycles. The first kappa shape index (κ1) is 14.8. The minimum Gasteiger partial charge on any atom is -0.378 e. The summed E-state index contributed by atoms with van der Waals surface area (Å²) in [4.78, 5) is 15.5. The van der Waals surface area contributed by atoms with Crippen LogP contribution in [-0.2, 0) is 4.74 Å². The second-order valence-corrected chi connectivity index (χ2v) is 5.19. The lowest BCUT2D eigenvalue weighted by Crippen LogP contribution is -2.37. The number of anilines is 3. The molecule has 2 rings (SSSR count). The molecule has 0 spiro atoms. The van der Waals surface area contributed by atoms with E-state index in [9.17, 15) is 0 Å². The molecule has 0 amide bonds. The molecule has 0 aliphatic carbocycles. The van der Waals surface area contributed by atoms with Gasteiger partial charge in [0.25, 0.3) is 0 Å². The van der Waals surface area contributed by atoms with E-state index in [0.29, 0.717) is 23.8 Å². The van der Waals surface area contributed by atoms with Crippen LogP contribution >= 0.6 is 0 Å². The van der Waals surface area contributed by atoms with Gasteiger partial charge in [-0.15, -0.1) is 0 Å². The van der Waals surface area contributed by atoms with E-state index in [-0.39, 0.29) is 0 Å². The Kier molecular flexibility index (Phi) is 5.34. The van der Waals surface area contributed by atoms with Crippen LogP contribution in [0.2, 0.25) is 0 Å². The first-order valence-corrected chi connectivity index (χ1v) is 7.25. The third kappa shape index (κ3) is 4.19. The molecule has 1 aromatic heterocycles. The third-order valence-corrected chi connectivity index (χ3v) is 2.92. The zero-order valence-corrected chi connectivity index (χ0v) is 12.5. The summed E-state index contributed by atoms with van der Waals surface area (Å²) in [5, 5.41) is 6.42. The van der Waals surface area contributed by atoms with E-state index >= 15 is 0 Å². The molecule has 2 heterocycles. The van der Waals surface area contributed by atoms with Gasteiger partial charge < -0.3 is 20.3 Å². The quantitative estimate of drug-likeness (QED) is 0.811. The molecule has 7 heteroatoms. The number of nitrogens with one attached hydrogen (secondary N) is 2. The van der Waals surface area contributed by atoms with Crippen LogP contribution in [0.15, 0.2) is 0 Å². The predicted octanol–water partition coefficient (Wildman–Crippen LogP) is 1.21. The molecule has 7 nitrogen and oxygen atoms in total. The van der Waals surface area contributed by atoms with Crippen molar-refractivity contribution in [2.75, 3.05) is 54.9 Å². The average molecular weight is 280 g/mol. The van der Waals surface area contributed by atoms with Crippen molar-refractivity contribution in [1.29, 1.82) is 0 Å². The van der Waals surface area contributed by atoms with Gasteiger partial charge >= 0.3 is 0 Å². The number of nitrogens with zero attached hydrogens (tertiary/aromatic N) is 4. The molecule has 0 unspecified atom stereocenters. The average Bonchev–Trinajstić information content (AvgIpc) is 2.46. The fourth-order valence-electron chi connectivity index (χ4n) is 1.88. The van der Waals surface area contributed by atoms with Gasteiger partial charge in [-0.1, -0.05) is 13.8 Å². The summed E-state index contributed by atoms with van der Waals surface area (Å²) in [5.74, 6) is 2.51. The molecule has 0 atom stereocenters. The maximum Gasteiger partial charge on any atom is 0.232 e. The van der Waals surface area contributed by atoms with Gasteiger partial charge in [0.05, 0.1) is 13.2 Å². The number of morpholine rings is 1. The van der Waals surface area contributed by atoms with E-state index in [1.54, 1.807) is 0 Å². The van der Waals surface area contributed by atoms with Crippen LogP contribution in [0.5, 0.6) is 0 Å². The standard InChI is InChI=1S/C13H24N6O/c1-4-14-11-16-12(15-9-10(2)3)18-13(17-11)19-5-7-20-8-6-19/h10H,4-9H2,1-3H3,(H2,14,15,16,17,18). The summed E-state index contributed by atoms with van der Waals surface area (Å²) in [6.07, 6.45) is 0. The minimum atomic E-state index is 0.543. The lowest BCUT2D eigenvalue weighted by atomic mass is 10.2. The Morgan fingerprint density at radius 2 is 1.75 bits per heavy atom. The van der Waals surface area contributed by atoms with E-state index < -0.39 is 0 Å². The van der Waals surface area contributed by atoms with Gasteiger partial charge in [-0.25, -0.2) is 0 Å². The Bertz CT molecular complexity index is 419. The summed E-state index contributed by atoms with van der Waals surface area (Å²) < 4.78 is 5.36. The van der Waals surface area contributed by atoms with Crippen molar-refractivity contribution in [3.05, 3.63) is 0 Å². The number of ether oxygens (including phenoxy) is 1. The smallest absolute Gasteiger partial charge is 0.232 e. The Morgan fingerprint density at radius 1 is 1.10 bits per heavy atom. The normalized spacial score (nSPS) is 15.5. The highest BCUT2D eigenvalue weighted by Crippen LogP contribution is 2.15. The highest BCUT2D eigenvalue weighted by molar-refractivity contribution is 5.44. The second kappa shape index (κ2) is 7.23. The van der Waals surface area contributed by atoms with Crippen molar-refractivity contribution in [1.82, 2.24) is 15.0 Å². The maximum absolute atomic E-state index is 5.36. The molecular weight excluding hydrogens is 256 g/mol. The third-order valence-electron chi connectivity index (χ3n) is 2.92. The Balaban J connectivity index is 2.15. The van der Waals surface area contributed by atoms with Gasteiger partial charge in [-0.2, -0.15) is 15.0 Å². The van der Waals surface area contributed by atoms with E-state index in [1.807, 2.05) is 6.92 Å². The van der Waals surface area contributed by atoms with Crippen molar-refractivity contribution in [3.8, 4) is 0 Å². The molecule has 112 valence electrons. The monoisotopic (exact) mass is 280 g/mol. The Hall–Kier alpha value is -1.63. The van der Waals surface area contributed by atoms with E-state index in [2.05, 4.69) is 44.3 Å². The van der Waals surface area contributed by atoms with E-state index in [0.717, 1.165) is 39.4 Å². The van der Waals surface area contributed by atoms with E-state index in [1.165, 1.54) is 0 Å². The molecule has 2 N–H and O–H groups in total. The largest absolute Gasteiger partial charge is 0.378 e. The lowest BCUT2D eigenvalue weighted by Gasteiger charge is -2.27. The van der Waals surface area contributed by atoms with E-state index in [4.69, 9.17) is 4.74 Å². The lowest BCUT2D eigenvalue weighted by molar-refractivity contribution is 0.122. The molecule has 0 radical (unpaired) electrons. The molecule has 1 aliphatic heterocycles. The van der Waals surface area contributed by atoms with Gasteiger partial charge in [0.1, 0.15) is 0 Å². The van der Waals surface area contributed by atoms with Crippen molar-refractivity contribution in [2.45, 2.75) is 20.8 Å². The van der Waals surface area contributed by atoms with Crippen LogP contribution < -0.4 is 15.5 Å². The topological polar surface area (TPSA) is 75.2 Å². The number of hydrogen-bond acceptors (Lipinski definition) is 7. The summed E-state index contributed by atoms with van der Waals surface area (Å²) in [6, 6.07) is 0. The fourth-order valence-corrected chi connectivity index (χ4v) is 1.88. The summed E-state index contributed by atoms with van der Waals surface area (Å²) in [6.45, 7) is 11.0. The van der Waals surface area contributed by atoms with Gasteiger partial charge in [0.2, 0.25) is 17.8 Å². The second-order valence-electron chi connectivity index (χ2n) is 5.19. The van der Waals surface area contributed by atoms with Crippen LogP contribution in [0.25, 0.3) is 0 Å². The van der Waals surface area contributed by atoms with Gasteiger partial charge in [-0.05, 0) is 12.8 Å². The van der Waals surface area contributed by atoms with Crippen LogP contribution in [0.1, 0.15) is 20.8 Å². The molecule has 20 heavy (non-hydrogen) atoms. The van der Waals surface area contributed by atoms with Crippen molar-refractivity contribution >= 4 is 17.8 Å². The molecule has 1 aromatic rings. The van der Waals surface area contributed by atoms with Crippen molar-refractivity contribution in [2.24, 2.45) is 5.92 Å². The van der Waals surface area contributed by atoms with Crippen molar-refractivity contribution in [3.63, 3.8) is 0 Å². The van der Waals surface area contributed by atoms with Gasteiger partial charge in [-0.3, -0.25) is 0 Å². The molecule has 1 aliphatic rings. The summed E-state index contributed by atoms with van der Waals surface area (Å²) in [5.41, 5.74) is 0. The fraction of sp³-hybridized carbons (Fsp3) is 0.769. The Morgan fingerprint density at radius 3 is 2.35 bits per heavy atom. The zero-order chi connectivity index (χ0) is 14.4. The number of rotatable bonds is 6. The van der Waals surface area contributed by atoms with Crippen LogP contribution in [0.3, 0.4) is 0 Å². The molecule has 0 bridgehead atoms. The number of aromatic nitrogens is 3. The SMILES string of the molecule is CCNc1nc(NCC(C)C)nc(N2CCOCC2)n1. The number of hydrogen-bond donors (Lipinski definition) is 2. The van der Waals surface area contributed by atoms with Crippen LogP contribution in [0.4, 0.5) is 17.8 Å². The maximum atomic E-state index is 5.36. The minimum absolute atomic E-state index is 0.543. The predicted molar refractivity (Wildman–Crippen MR) is 80.4 cm³/mol. The molecule has 1 fully saturated rings. The van der Waals surface area contributed by atoms with Crippen molar-refractivity contribution < 1.29 is 4.74 Å². The molecule has 0 aromatic carbocycles. The molecule has 1 saturated heterocycles. The summed E-state index contributed by atoms with van der Waals surface area (Å²) in [7, 11) is 0. The van der Waals surface area contributed by atoms with Gasteiger partial charge in [0, 0.05) is 26.2 Å². The zero-order valence-electron chi connectivity index (χ0n) is 12.5. The highest BCUT2D eigenvalue weighted by atomic mass is 16.5. The van der Waals surface area contributed by atoms with Gasteiger partial charge in [0.15, 0.2) is 0 Å². The molecular formula is C13H24N6O. The van der Waals surface area contributed by atoms with Crippen LogP contribution in [-0.4, -0.2) is 54.3 Å². The van der Waals surface area contributed by atoms with Crippen LogP contribution in [0, 0.1) is 5.92 Å².